The molecule has 1 aliphatic heterocycles. The zero-order valence-corrected chi connectivity index (χ0v) is 18.3. The van der Waals surface area contributed by atoms with Gasteiger partial charge in [-0.05, 0) is 61.0 Å². The highest BCUT2D eigenvalue weighted by atomic mass is 35.5. The number of halogens is 1. The van der Waals surface area contributed by atoms with Crippen LogP contribution in [0.1, 0.15) is 42.9 Å². The highest BCUT2D eigenvalue weighted by molar-refractivity contribution is 7.80. The van der Waals surface area contributed by atoms with Gasteiger partial charge in [0.05, 0.1) is 11.7 Å². The third-order valence-corrected chi connectivity index (χ3v) is 5.97. The Hall–Kier alpha value is -2.37. The van der Waals surface area contributed by atoms with Gasteiger partial charge in [-0.15, -0.1) is 0 Å². The van der Waals surface area contributed by atoms with Gasteiger partial charge in [0.25, 0.3) is 0 Å². The zero-order chi connectivity index (χ0) is 20.5. The lowest BCUT2D eigenvalue weighted by molar-refractivity contribution is 0.253. The molecular weight excluding hydrogens is 402 g/mol. The summed E-state index contributed by atoms with van der Waals surface area (Å²) in [6, 6.07) is 15.7. The summed E-state index contributed by atoms with van der Waals surface area (Å²) in [7, 11) is 0. The second-order valence-corrected chi connectivity index (χ2v) is 8.58. The summed E-state index contributed by atoms with van der Waals surface area (Å²) in [5.41, 5.74) is 2.96. The minimum absolute atomic E-state index is 0.0620. The van der Waals surface area contributed by atoms with Crippen molar-refractivity contribution in [3.05, 3.63) is 76.8 Å². The van der Waals surface area contributed by atoms with E-state index >= 15 is 0 Å². The SMILES string of the molecule is Cc1c(Cl)cccc1-c1ccc([C@@H]2[C@@H](c3ccccn3)NC(=S)N2CC(C)C)o1. The van der Waals surface area contributed by atoms with Crippen LogP contribution in [0.4, 0.5) is 0 Å². The van der Waals surface area contributed by atoms with Gasteiger partial charge < -0.3 is 14.6 Å². The minimum atomic E-state index is -0.0677. The maximum absolute atomic E-state index is 6.37. The van der Waals surface area contributed by atoms with Crippen LogP contribution in [0.5, 0.6) is 0 Å². The largest absolute Gasteiger partial charge is 0.459 e. The molecule has 0 radical (unpaired) electrons. The van der Waals surface area contributed by atoms with Gasteiger partial charge in [0.1, 0.15) is 17.6 Å². The van der Waals surface area contributed by atoms with Crippen molar-refractivity contribution < 1.29 is 4.42 Å². The van der Waals surface area contributed by atoms with E-state index in [1.54, 1.807) is 0 Å². The molecule has 150 valence electrons. The lowest BCUT2D eigenvalue weighted by Gasteiger charge is -2.27. The topological polar surface area (TPSA) is 41.3 Å². The molecule has 0 amide bonds. The van der Waals surface area contributed by atoms with Gasteiger partial charge in [-0.3, -0.25) is 4.98 Å². The number of benzene rings is 1. The van der Waals surface area contributed by atoms with Crippen molar-refractivity contribution in [2.45, 2.75) is 32.9 Å². The Kier molecular flexibility index (Phi) is 5.61. The molecule has 1 N–H and O–H groups in total. The Labute approximate surface area is 181 Å². The van der Waals surface area contributed by atoms with Crippen molar-refractivity contribution in [2.75, 3.05) is 6.54 Å². The molecule has 3 heterocycles. The van der Waals surface area contributed by atoms with E-state index in [2.05, 4.69) is 29.0 Å². The molecule has 3 aromatic rings. The molecular formula is C23H24ClN3OS. The average Bonchev–Trinajstić information content (AvgIpc) is 3.29. The van der Waals surface area contributed by atoms with Crippen molar-refractivity contribution in [3.8, 4) is 11.3 Å². The lowest BCUT2D eigenvalue weighted by Crippen LogP contribution is -2.32. The lowest BCUT2D eigenvalue weighted by atomic mass is 10.0. The molecule has 2 aromatic heterocycles. The van der Waals surface area contributed by atoms with Crippen molar-refractivity contribution >= 4 is 28.9 Å². The van der Waals surface area contributed by atoms with Crippen LogP contribution in [0.3, 0.4) is 0 Å². The monoisotopic (exact) mass is 425 g/mol. The predicted octanol–water partition coefficient (Wildman–Crippen LogP) is 5.93. The molecule has 1 aliphatic rings. The second-order valence-electron chi connectivity index (χ2n) is 7.79. The van der Waals surface area contributed by atoms with E-state index in [9.17, 15) is 0 Å². The molecule has 4 rings (SSSR count). The second kappa shape index (κ2) is 8.17. The molecule has 0 spiro atoms. The standard InChI is InChI=1S/C23H24ClN3OS/c1-14(2)13-27-22(21(26-23(27)29)18-9-4-5-12-25-18)20-11-10-19(28-20)16-7-6-8-17(24)15(16)3/h4-12,14,21-22H,13H2,1-3H3,(H,26,29)/t21-,22-/m1/s1. The van der Waals surface area contributed by atoms with E-state index in [-0.39, 0.29) is 12.1 Å². The van der Waals surface area contributed by atoms with Crippen LogP contribution >= 0.6 is 23.8 Å². The van der Waals surface area contributed by atoms with Crippen molar-refractivity contribution in [1.29, 1.82) is 0 Å². The van der Waals surface area contributed by atoms with Crippen LogP contribution in [0.25, 0.3) is 11.3 Å². The van der Waals surface area contributed by atoms with Crippen LogP contribution in [0, 0.1) is 12.8 Å². The zero-order valence-electron chi connectivity index (χ0n) is 16.7. The van der Waals surface area contributed by atoms with Gasteiger partial charge in [-0.25, -0.2) is 0 Å². The van der Waals surface area contributed by atoms with E-state index in [0.717, 1.165) is 45.0 Å². The quantitative estimate of drug-likeness (QED) is 0.513. The predicted molar refractivity (Wildman–Crippen MR) is 121 cm³/mol. The first-order valence-corrected chi connectivity index (χ1v) is 10.6. The summed E-state index contributed by atoms with van der Waals surface area (Å²) >= 11 is 12.0. The first kappa shape index (κ1) is 19.9. The van der Waals surface area contributed by atoms with Gasteiger partial charge in [-0.2, -0.15) is 0 Å². The number of nitrogens with zero attached hydrogens (tertiary/aromatic N) is 2. The van der Waals surface area contributed by atoms with Crippen LogP contribution in [0.2, 0.25) is 5.02 Å². The molecule has 0 unspecified atom stereocenters. The molecule has 0 aliphatic carbocycles. The Bertz CT molecular complexity index is 1020. The summed E-state index contributed by atoms with van der Waals surface area (Å²) in [6.07, 6.45) is 1.81. The van der Waals surface area contributed by atoms with Crippen LogP contribution < -0.4 is 5.32 Å². The number of pyridine rings is 1. The number of hydrogen-bond acceptors (Lipinski definition) is 3. The van der Waals surface area contributed by atoms with Crippen molar-refractivity contribution in [3.63, 3.8) is 0 Å². The van der Waals surface area contributed by atoms with Crippen LogP contribution in [-0.4, -0.2) is 21.5 Å². The van der Waals surface area contributed by atoms with E-state index in [4.69, 9.17) is 28.2 Å². The first-order valence-electron chi connectivity index (χ1n) is 9.79. The number of hydrogen-bond donors (Lipinski definition) is 1. The van der Waals surface area contributed by atoms with Gasteiger partial charge in [0.15, 0.2) is 5.11 Å². The molecule has 1 aromatic carbocycles. The number of aromatic nitrogens is 1. The third kappa shape index (κ3) is 3.89. The molecule has 4 nitrogen and oxygen atoms in total. The number of rotatable bonds is 5. The summed E-state index contributed by atoms with van der Waals surface area (Å²) in [5.74, 6) is 2.13. The smallest absolute Gasteiger partial charge is 0.170 e. The fourth-order valence-electron chi connectivity index (χ4n) is 3.84. The van der Waals surface area contributed by atoms with E-state index in [1.807, 2.05) is 61.7 Å². The summed E-state index contributed by atoms with van der Waals surface area (Å²) in [5, 5.41) is 4.92. The molecule has 0 saturated carbocycles. The first-order chi connectivity index (χ1) is 14.0. The fraction of sp³-hybridized carbons (Fsp3) is 0.304. The number of furan rings is 1. The maximum atomic E-state index is 6.37. The average molecular weight is 426 g/mol. The molecule has 29 heavy (non-hydrogen) atoms. The van der Waals surface area contributed by atoms with Crippen LogP contribution in [-0.2, 0) is 0 Å². The molecule has 6 heteroatoms. The molecule has 2 atom stereocenters. The Morgan fingerprint density at radius 3 is 2.72 bits per heavy atom. The number of thiocarbonyl (C=S) groups is 1. The van der Waals surface area contributed by atoms with Gasteiger partial charge in [0.2, 0.25) is 0 Å². The Morgan fingerprint density at radius 2 is 2.00 bits per heavy atom. The van der Waals surface area contributed by atoms with E-state index in [0.29, 0.717) is 5.92 Å². The fourth-order valence-corrected chi connectivity index (χ4v) is 4.33. The molecule has 1 saturated heterocycles. The van der Waals surface area contributed by atoms with Gasteiger partial charge in [0, 0.05) is 23.3 Å². The summed E-state index contributed by atoms with van der Waals surface area (Å²) in [6.45, 7) is 7.23. The van der Waals surface area contributed by atoms with Crippen LogP contribution in [0.15, 0.2) is 59.1 Å². The van der Waals surface area contributed by atoms with Gasteiger partial charge >= 0.3 is 0 Å². The Morgan fingerprint density at radius 1 is 1.17 bits per heavy atom. The molecule has 0 bridgehead atoms. The number of nitrogens with one attached hydrogen (secondary N) is 1. The normalized spacial score (nSPS) is 19.1. The highest BCUT2D eigenvalue weighted by Crippen LogP contribution is 2.41. The molecule has 1 fully saturated rings. The van der Waals surface area contributed by atoms with Crippen molar-refractivity contribution in [2.24, 2.45) is 5.92 Å². The maximum Gasteiger partial charge on any atom is 0.170 e. The third-order valence-electron chi connectivity index (χ3n) is 5.21. The Balaban J connectivity index is 1.75. The van der Waals surface area contributed by atoms with Crippen molar-refractivity contribution in [1.82, 2.24) is 15.2 Å². The highest BCUT2D eigenvalue weighted by Gasteiger charge is 2.41. The van der Waals surface area contributed by atoms with E-state index in [1.165, 1.54) is 0 Å². The minimum Gasteiger partial charge on any atom is -0.459 e. The summed E-state index contributed by atoms with van der Waals surface area (Å²) < 4.78 is 6.37. The van der Waals surface area contributed by atoms with E-state index < -0.39 is 0 Å². The summed E-state index contributed by atoms with van der Waals surface area (Å²) in [4.78, 5) is 6.78. The van der Waals surface area contributed by atoms with Gasteiger partial charge in [-0.1, -0.05) is 43.6 Å².